The molecule has 0 unspecified atom stereocenters. The summed E-state index contributed by atoms with van der Waals surface area (Å²) in [5.41, 5.74) is 2.26. The van der Waals surface area contributed by atoms with E-state index in [1.807, 2.05) is 26.0 Å². The lowest BCUT2D eigenvalue weighted by molar-refractivity contribution is -0.192. The quantitative estimate of drug-likeness (QED) is 0.365. The number of amides is 2. The first-order chi connectivity index (χ1) is 20.2. The number of nitriles is 1. The summed E-state index contributed by atoms with van der Waals surface area (Å²) in [5.74, 6) is -3.20. The number of fused-ring (bicyclic) bond motifs is 3. The number of carbonyl (C=O) groups is 3. The monoisotopic (exact) mass is 601 g/mol. The van der Waals surface area contributed by atoms with Crippen LogP contribution in [0.25, 0.3) is 21.9 Å². The molecule has 2 aromatic carbocycles. The van der Waals surface area contributed by atoms with E-state index >= 15 is 0 Å². The summed E-state index contributed by atoms with van der Waals surface area (Å²) < 4.78 is 37.8. The number of carbonyl (C=O) groups excluding carboxylic acids is 2. The summed E-state index contributed by atoms with van der Waals surface area (Å²) in [6.07, 6.45) is -3.30. The highest BCUT2D eigenvalue weighted by atomic mass is 19.4. The normalized spacial score (nSPS) is 17.1. The van der Waals surface area contributed by atoms with Crippen molar-refractivity contribution in [1.82, 2.24) is 15.5 Å². The Labute approximate surface area is 246 Å². The Balaban J connectivity index is 0.000000541. The van der Waals surface area contributed by atoms with Crippen LogP contribution in [0.15, 0.2) is 40.8 Å². The van der Waals surface area contributed by atoms with Gasteiger partial charge in [0.1, 0.15) is 22.7 Å². The van der Waals surface area contributed by atoms with Crippen LogP contribution in [0.1, 0.15) is 43.5 Å². The average molecular weight is 602 g/mol. The van der Waals surface area contributed by atoms with Crippen molar-refractivity contribution in [3.63, 3.8) is 0 Å². The van der Waals surface area contributed by atoms with Crippen molar-refractivity contribution >= 4 is 45.4 Å². The Morgan fingerprint density at radius 2 is 1.70 bits per heavy atom. The Bertz CT molecular complexity index is 1550. The maximum atomic E-state index is 13.1. The van der Waals surface area contributed by atoms with Gasteiger partial charge in [-0.2, -0.15) is 18.4 Å². The van der Waals surface area contributed by atoms with Crippen molar-refractivity contribution in [2.75, 3.05) is 38.1 Å². The van der Waals surface area contributed by atoms with Gasteiger partial charge in [-0.3, -0.25) is 9.59 Å². The van der Waals surface area contributed by atoms with E-state index < -0.39 is 23.7 Å². The number of anilines is 1. The van der Waals surface area contributed by atoms with Gasteiger partial charge >= 0.3 is 12.1 Å². The molecule has 1 saturated heterocycles. The highest BCUT2D eigenvalue weighted by Gasteiger charge is 2.45. The molecule has 10 nitrogen and oxygen atoms in total. The molecule has 2 amide bonds. The van der Waals surface area contributed by atoms with E-state index in [1.54, 1.807) is 12.1 Å². The molecular formula is C30H34F3N5O5. The van der Waals surface area contributed by atoms with Gasteiger partial charge in [0.15, 0.2) is 0 Å². The molecule has 1 saturated carbocycles. The lowest BCUT2D eigenvalue weighted by atomic mass is 10.0. The number of nitrogens with zero attached hydrogens (tertiary/aromatic N) is 3. The summed E-state index contributed by atoms with van der Waals surface area (Å²) >= 11 is 0. The third-order valence-corrected chi connectivity index (χ3v) is 7.48. The molecule has 5 rings (SSSR count). The zero-order chi connectivity index (χ0) is 31.5. The number of carboxylic acids is 1. The third-order valence-electron chi connectivity index (χ3n) is 7.48. The molecule has 0 bridgehead atoms. The van der Waals surface area contributed by atoms with Gasteiger partial charge in [0.05, 0.1) is 6.07 Å². The first-order valence-electron chi connectivity index (χ1n) is 14.0. The molecule has 3 N–H and O–H groups in total. The van der Waals surface area contributed by atoms with Crippen LogP contribution in [-0.4, -0.2) is 78.8 Å². The number of alkyl halides is 3. The van der Waals surface area contributed by atoms with E-state index in [0.29, 0.717) is 30.4 Å². The number of aliphatic carboxylic acids is 1. The number of nitrogens with one attached hydrogen (secondary N) is 2. The highest BCUT2D eigenvalue weighted by Crippen LogP contribution is 2.35. The summed E-state index contributed by atoms with van der Waals surface area (Å²) in [7, 11) is 2.14. The van der Waals surface area contributed by atoms with Gasteiger partial charge in [-0.25, -0.2) is 4.79 Å². The number of rotatable bonds is 7. The molecule has 1 aliphatic heterocycles. The molecule has 3 aromatic rings. The van der Waals surface area contributed by atoms with Crippen LogP contribution in [0.3, 0.4) is 0 Å². The third kappa shape index (κ3) is 7.75. The number of benzene rings is 2. The van der Waals surface area contributed by atoms with Crippen LogP contribution in [-0.2, 0) is 9.59 Å². The molecule has 2 heterocycles. The van der Waals surface area contributed by atoms with Crippen molar-refractivity contribution in [2.45, 2.75) is 50.9 Å². The molecular weight excluding hydrogens is 567 g/mol. The van der Waals surface area contributed by atoms with E-state index in [0.717, 1.165) is 42.5 Å². The summed E-state index contributed by atoms with van der Waals surface area (Å²) in [6, 6.07) is 13.1. The van der Waals surface area contributed by atoms with E-state index in [4.69, 9.17) is 14.3 Å². The van der Waals surface area contributed by atoms with Crippen LogP contribution in [0, 0.1) is 17.2 Å². The van der Waals surface area contributed by atoms with Gasteiger partial charge in [0.25, 0.3) is 5.91 Å². The minimum Gasteiger partial charge on any atom is -0.475 e. The SMILES string of the molecule is CC(C)C[C@H](NC(=O)c1ccc2c(c1)oc1ccc(N3CCN(C)CC3)cc12)C(=O)NC1(C#N)CC1.O=C(O)C(F)(F)F. The van der Waals surface area contributed by atoms with Gasteiger partial charge in [-0.15, -0.1) is 0 Å². The maximum Gasteiger partial charge on any atom is 0.490 e. The summed E-state index contributed by atoms with van der Waals surface area (Å²) in [5, 5.41) is 24.1. The van der Waals surface area contributed by atoms with E-state index in [9.17, 15) is 28.0 Å². The molecule has 0 spiro atoms. The molecule has 13 heteroatoms. The Hall–Kier alpha value is -4.31. The lowest BCUT2D eigenvalue weighted by Gasteiger charge is -2.34. The number of likely N-dealkylation sites (N-methyl/N-ethyl adjacent to an activating group) is 1. The number of hydrogen-bond acceptors (Lipinski definition) is 7. The predicted molar refractivity (Wildman–Crippen MR) is 154 cm³/mol. The maximum absolute atomic E-state index is 13.1. The first-order valence-corrected chi connectivity index (χ1v) is 14.0. The van der Waals surface area contributed by atoms with Gasteiger partial charge in [-0.05, 0) is 68.6 Å². The largest absolute Gasteiger partial charge is 0.490 e. The fourth-order valence-electron chi connectivity index (χ4n) is 4.82. The molecule has 1 aliphatic carbocycles. The number of furan rings is 1. The minimum absolute atomic E-state index is 0.200. The minimum atomic E-state index is -5.08. The fourth-order valence-corrected chi connectivity index (χ4v) is 4.82. The second-order valence-electron chi connectivity index (χ2n) is 11.4. The van der Waals surface area contributed by atoms with Gasteiger partial charge in [-0.1, -0.05) is 13.8 Å². The molecule has 1 atom stereocenters. The fraction of sp³-hybridized carbons (Fsp3) is 0.467. The highest BCUT2D eigenvalue weighted by molar-refractivity contribution is 6.08. The second-order valence-corrected chi connectivity index (χ2v) is 11.4. The summed E-state index contributed by atoms with van der Waals surface area (Å²) in [6.45, 7) is 8.05. The van der Waals surface area contributed by atoms with Crippen molar-refractivity contribution in [3.8, 4) is 6.07 Å². The lowest BCUT2D eigenvalue weighted by Crippen LogP contribution is -2.50. The molecule has 2 fully saturated rings. The molecule has 0 radical (unpaired) electrons. The number of carboxylic acid groups (broad SMARTS) is 1. The van der Waals surface area contributed by atoms with Crippen LogP contribution in [0.4, 0.5) is 18.9 Å². The Morgan fingerprint density at radius 1 is 1.05 bits per heavy atom. The predicted octanol–water partition coefficient (Wildman–Crippen LogP) is 4.29. The second kappa shape index (κ2) is 12.5. The van der Waals surface area contributed by atoms with E-state index in [1.165, 1.54) is 5.69 Å². The topological polar surface area (TPSA) is 139 Å². The molecule has 230 valence electrons. The van der Waals surface area contributed by atoms with Crippen LogP contribution < -0.4 is 15.5 Å². The van der Waals surface area contributed by atoms with E-state index in [2.05, 4.69) is 45.7 Å². The Kier molecular flexibility index (Phi) is 9.20. The molecule has 2 aliphatic rings. The van der Waals surface area contributed by atoms with Gasteiger partial charge in [0, 0.05) is 48.2 Å². The Morgan fingerprint density at radius 3 is 2.26 bits per heavy atom. The van der Waals surface area contributed by atoms with Crippen molar-refractivity contribution in [2.24, 2.45) is 5.92 Å². The zero-order valence-corrected chi connectivity index (χ0v) is 24.1. The average Bonchev–Trinajstić information content (AvgIpc) is 3.63. The van der Waals surface area contributed by atoms with Crippen LogP contribution >= 0.6 is 0 Å². The summed E-state index contributed by atoms with van der Waals surface area (Å²) in [4.78, 5) is 39.6. The van der Waals surface area contributed by atoms with Gasteiger partial charge < -0.3 is 30.0 Å². The number of piperazine rings is 1. The zero-order valence-electron chi connectivity index (χ0n) is 24.1. The van der Waals surface area contributed by atoms with Crippen molar-refractivity contribution in [3.05, 3.63) is 42.0 Å². The number of hydrogen-bond donors (Lipinski definition) is 3. The standard InChI is InChI=1S/C28H33N5O3.C2HF3O2/c1-18(2)14-23(27(35)31-28(17-29)8-9-28)30-26(34)19-4-6-21-22-16-20(33-12-10-32(3)11-13-33)5-7-24(22)36-25(21)15-19;3-2(4,5)1(6)7/h4-7,15-16,18,23H,8-14H2,1-3H3,(H,30,34)(H,31,35);(H,6,7)/t23-;/m0./s1. The number of halogens is 3. The van der Waals surface area contributed by atoms with Crippen molar-refractivity contribution < 1.29 is 37.1 Å². The van der Waals surface area contributed by atoms with Crippen LogP contribution in [0.2, 0.25) is 0 Å². The van der Waals surface area contributed by atoms with E-state index in [-0.39, 0.29) is 17.7 Å². The molecule has 43 heavy (non-hydrogen) atoms. The van der Waals surface area contributed by atoms with Crippen LogP contribution in [0.5, 0.6) is 0 Å². The molecule has 1 aromatic heterocycles. The first kappa shape index (κ1) is 31.6. The smallest absolute Gasteiger partial charge is 0.475 e. The van der Waals surface area contributed by atoms with Gasteiger partial charge in [0.2, 0.25) is 5.91 Å². The van der Waals surface area contributed by atoms with Crippen molar-refractivity contribution in [1.29, 1.82) is 5.26 Å².